The van der Waals surface area contributed by atoms with Crippen molar-refractivity contribution in [2.24, 2.45) is 5.73 Å². The van der Waals surface area contributed by atoms with Crippen molar-refractivity contribution in [3.8, 4) is 0 Å². The van der Waals surface area contributed by atoms with E-state index in [9.17, 15) is 9.59 Å². The molecular weight excluding hydrogens is 232 g/mol. The van der Waals surface area contributed by atoms with Gasteiger partial charge >= 0.3 is 5.97 Å². The van der Waals surface area contributed by atoms with E-state index in [0.29, 0.717) is 0 Å². The molecule has 0 aliphatic rings. The molecule has 0 fully saturated rings. The molecule has 0 aliphatic carbocycles. The van der Waals surface area contributed by atoms with Crippen LogP contribution in [-0.4, -0.2) is 23.0 Å². The number of aryl methyl sites for hydroxylation is 3. The summed E-state index contributed by atoms with van der Waals surface area (Å²) in [4.78, 5) is 22.2. The van der Waals surface area contributed by atoms with Gasteiger partial charge in [-0.25, -0.2) is 0 Å². The van der Waals surface area contributed by atoms with Crippen LogP contribution in [0, 0.1) is 20.8 Å². The van der Waals surface area contributed by atoms with Crippen LogP contribution in [0.15, 0.2) is 12.1 Å². The summed E-state index contributed by atoms with van der Waals surface area (Å²) >= 11 is 0. The number of benzene rings is 1. The van der Waals surface area contributed by atoms with Gasteiger partial charge < -0.3 is 16.2 Å². The van der Waals surface area contributed by atoms with Gasteiger partial charge in [-0.1, -0.05) is 17.7 Å². The first kappa shape index (κ1) is 14.2. The van der Waals surface area contributed by atoms with Crippen molar-refractivity contribution < 1.29 is 14.7 Å². The zero-order valence-electron chi connectivity index (χ0n) is 10.8. The molecule has 1 rings (SSSR count). The first-order valence-electron chi connectivity index (χ1n) is 5.67. The van der Waals surface area contributed by atoms with Crippen molar-refractivity contribution in [2.45, 2.75) is 33.2 Å². The predicted molar refractivity (Wildman–Crippen MR) is 69.5 cm³/mol. The third kappa shape index (κ3) is 3.56. The highest BCUT2D eigenvalue weighted by molar-refractivity contribution is 5.95. The first-order chi connectivity index (χ1) is 8.31. The van der Waals surface area contributed by atoms with E-state index in [0.717, 1.165) is 22.4 Å². The average molecular weight is 250 g/mol. The normalized spacial score (nSPS) is 12.0. The summed E-state index contributed by atoms with van der Waals surface area (Å²) in [5.41, 5.74) is 9.05. The number of aliphatic carboxylic acids is 1. The summed E-state index contributed by atoms with van der Waals surface area (Å²) < 4.78 is 0. The van der Waals surface area contributed by atoms with Crippen LogP contribution in [0.25, 0.3) is 0 Å². The maximum atomic E-state index is 11.7. The molecule has 4 N–H and O–H groups in total. The molecular formula is C13H18N2O3. The Balaban J connectivity index is 2.80. The van der Waals surface area contributed by atoms with Gasteiger partial charge in [0, 0.05) is 5.69 Å². The number of amides is 1. The van der Waals surface area contributed by atoms with Crippen molar-refractivity contribution in [3.63, 3.8) is 0 Å². The number of hydrogen-bond acceptors (Lipinski definition) is 3. The van der Waals surface area contributed by atoms with Gasteiger partial charge in [0.15, 0.2) is 0 Å². The Morgan fingerprint density at radius 1 is 1.28 bits per heavy atom. The molecule has 0 saturated heterocycles. The van der Waals surface area contributed by atoms with Crippen LogP contribution >= 0.6 is 0 Å². The average Bonchev–Trinajstić information content (AvgIpc) is 2.23. The molecule has 98 valence electrons. The smallest absolute Gasteiger partial charge is 0.321 e. The van der Waals surface area contributed by atoms with Crippen LogP contribution in [0.1, 0.15) is 23.1 Å². The molecule has 0 aliphatic heterocycles. The third-order valence-corrected chi connectivity index (χ3v) is 2.66. The molecule has 0 saturated carbocycles. The summed E-state index contributed by atoms with van der Waals surface area (Å²) in [6.07, 6.45) is -0.234. The van der Waals surface area contributed by atoms with E-state index in [1.165, 1.54) is 0 Å². The minimum Gasteiger partial charge on any atom is -0.480 e. The van der Waals surface area contributed by atoms with Gasteiger partial charge in [-0.3, -0.25) is 9.59 Å². The fourth-order valence-corrected chi connectivity index (χ4v) is 1.85. The molecule has 0 aromatic heterocycles. The fourth-order valence-electron chi connectivity index (χ4n) is 1.85. The lowest BCUT2D eigenvalue weighted by Gasteiger charge is -2.13. The topological polar surface area (TPSA) is 92.4 Å². The fraction of sp³-hybridized carbons (Fsp3) is 0.385. The number of carboxylic acids is 1. The summed E-state index contributed by atoms with van der Waals surface area (Å²) in [5.74, 6) is -1.57. The van der Waals surface area contributed by atoms with Gasteiger partial charge in [0.2, 0.25) is 5.91 Å². The number of nitrogens with one attached hydrogen (secondary N) is 1. The van der Waals surface area contributed by atoms with Crippen LogP contribution in [0.3, 0.4) is 0 Å². The summed E-state index contributed by atoms with van der Waals surface area (Å²) in [6.45, 7) is 5.77. The van der Waals surface area contributed by atoms with Gasteiger partial charge in [0.05, 0.1) is 6.42 Å². The number of carbonyl (C=O) groups excluding carboxylic acids is 1. The number of nitrogens with two attached hydrogens (primary N) is 1. The largest absolute Gasteiger partial charge is 0.480 e. The molecule has 5 heteroatoms. The highest BCUT2D eigenvalue weighted by atomic mass is 16.4. The number of carbonyl (C=O) groups is 2. The molecule has 0 radical (unpaired) electrons. The van der Waals surface area contributed by atoms with Crippen LogP contribution in [0.5, 0.6) is 0 Å². The molecule has 1 unspecified atom stereocenters. The molecule has 1 amide bonds. The Morgan fingerprint density at radius 3 is 2.22 bits per heavy atom. The Labute approximate surface area is 106 Å². The highest BCUT2D eigenvalue weighted by Gasteiger charge is 2.17. The molecule has 1 aromatic rings. The van der Waals surface area contributed by atoms with Gasteiger partial charge in [0.25, 0.3) is 0 Å². The monoisotopic (exact) mass is 250 g/mol. The summed E-state index contributed by atoms with van der Waals surface area (Å²) in [7, 11) is 0. The zero-order valence-corrected chi connectivity index (χ0v) is 10.8. The van der Waals surface area contributed by atoms with Crippen molar-refractivity contribution in [3.05, 3.63) is 28.8 Å². The Kier molecular flexibility index (Phi) is 4.44. The maximum Gasteiger partial charge on any atom is 0.321 e. The summed E-state index contributed by atoms with van der Waals surface area (Å²) in [6, 6.07) is 2.75. The quantitative estimate of drug-likeness (QED) is 0.752. The van der Waals surface area contributed by atoms with E-state index in [4.69, 9.17) is 10.8 Å². The second-order valence-electron chi connectivity index (χ2n) is 4.47. The molecule has 0 spiro atoms. The Bertz CT molecular complexity index is 460. The van der Waals surface area contributed by atoms with Gasteiger partial charge in [-0.2, -0.15) is 0 Å². The lowest BCUT2D eigenvalue weighted by molar-refractivity contribution is -0.140. The minimum atomic E-state index is -1.18. The van der Waals surface area contributed by atoms with E-state index in [-0.39, 0.29) is 12.3 Å². The second-order valence-corrected chi connectivity index (χ2v) is 4.47. The van der Waals surface area contributed by atoms with E-state index >= 15 is 0 Å². The van der Waals surface area contributed by atoms with Crippen molar-refractivity contribution in [1.82, 2.24) is 0 Å². The van der Waals surface area contributed by atoms with Crippen molar-refractivity contribution in [1.29, 1.82) is 0 Å². The van der Waals surface area contributed by atoms with Crippen LogP contribution in [0.2, 0.25) is 0 Å². The second kappa shape index (κ2) is 5.64. The Hall–Kier alpha value is -1.88. The Morgan fingerprint density at radius 2 is 1.78 bits per heavy atom. The van der Waals surface area contributed by atoms with Crippen LogP contribution in [-0.2, 0) is 9.59 Å². The molecule has 1 atom stereocenters. The van der Waals surface area contributed by atoms with E-state index < -0.39 is 12.0 Å². The highest BCUT2D eigenvalue weighted by Crippen LogP contribution is 2.22. The van der Waals surface area contributed by atoms with Crippen molar-refractivity contribution in [2.75, 3.05) is 5.32 Å². The predicted octanol–water partition coefficient (Wildman–Crippen LogP) is 1.35. The van der Waals surface area contributed by atoms with Gasteiger partial charge in [-0.15, -0.1) is 0 Å². The SMILES string of the molecule is Cc1cc(C)c(NC(=O)CC(N)C(=O)O)c(C)c1. The van der Waals surface area contributed by atoms with Gasteiger partial charge in [-0.05, 0) is 31.9 Å². The molecule has 0 heterocycles. The maximum absolute atomic E-state index is 11.7. The molecule has 5 nitrogen and oxygen atoms in total. The number of carboxylic acid groups (broad SMARTS) is 1. The lowest BCUT2D eigenvalue weighted by atomic mass is 10.0. The molecule has 0 bridgehead atoms. The summed E-state index contributed by atoms with van der Waals surface area (Å²) in [5, 5.41) is 11.3. The van der Waals surface area contributed by atoms with Gasteiger partial charge in [0.1, 0.15) is 6.04 Å². The van der Waals surface area contributed by atoms with Crippen LogP contribution < -0.4 is 11.1 Å². The van der Waals surface area contributed by atoms with E-state index in [2.05, 4.69) is 5.32 Å². The first-order valence-corrected chi connectivity index (χ1v) is 5.67. The molecule has 1 aromatic carbocycles. The van der Waals surface area contributed by atoms with E-state index in [1.54, 1.807) is 0 Å². The standard InChI is InChI=1S/C13H18N2O3/c1-7-4-8(2)12(9(3)5-7)15-11(16)6-10(14)13(17)18/h4-5,10H,6,14H2,1-3H3,(H,15,16)(H,17,18). The van der Waals surface area contributed by atoms with E-state index in [1.807, 2.05) is 32.9 Å². The third-order valence-electron chi connectivity index (χ3n) is 2.66. The lowest BCUT2D eigenvalue weighted by Crippen LogP contribution is -2.34. The van der Waals surface area contributed by atoms with Crippen LogP contribution in [0.4, 0.5) is 5.69 Å². The molecule has 18 heavy (non-hydrogen) atoms. The number of rotatable bonds is 4. The number of hydrogen-bond donors (Lipinski definition) is 3. The number of anilines is 1. The minimum absolute atomic E-state index is 0.234. The van der Waals surface area contributed by atoms with Crippen molar-refractivity contribution >= 4 is 17.6 Å². The zero-order chi connectivity index (χ0) is 13.9.